The van der Waals surface area contributed by atoms with Gasteiger partial charge in [-0.15, -0.1) is 11.3 Å². The smallest absolute Gasteiger partial charge is 0.273 e. The molecular weight excluding hydrogens is 326 g/mol. The van der Waals surface area contributed by atoms with Crippen LogP contribution in [0.1, 0.15) is 0 Å². The van der Waals surface area contributed by atoms with Gasteiger partial charge in [-0.05, 0) is 39.5 Å². The van der Waals surface area contributed by atoms with E-state index in [1.807, 2.05) is 0 Å². The second kappa shape index (κ2) is 4.63. The Labute approximate surface area is 111 Å². The predicted molar refractivity (Wildman–Crippen MR) is 71.5 cm³/mol. The van der Waals surface area contributed by atoms with Crippen LogP contribution < -0.4 is 10.5 Å². The highest BCUT2D eigenvalue weighted by molar-refractivity contribution is 9.10. The van der Waals surface area contributed by atoms with Crippen LogP contribution in [0.15, 0.2) is 38.5 Å². The summed E-state index contributed by atoms with van der Waals surface area (Å²) in [7, 11) is -3.60. The standard InChI is InChI=1S/C9H8BrN3O2S2/c10-7-3-4-16-9(7)17(14,15)13-8-2-1-6(11)5-12-8/h1-5H,11H2,(H,12,13). The molecule has 0 saturated heterocycles. The number of nitrogens with one attached hydrogen (secondary N) is 1. The molecule has 0 unspecified atom stereocenters. The Hall–Kier alpha value is -1.12. The number of nitrogen functional groups attached to an aromatic ring is 1. The molecule has 2 aromatic heterocycles. The fourth-order valence-electron chi connectivity index (χ4n) is 1.12. The van der Waals surface area contributed by atoms with Crippen molar-refractivity contribution in [3.63, 3.8) is 0 Å². The molecule has 2 heterocycles. The number of sulfonamides is 1. The van der Waals surface area contributed by atoms with Gasteiger partial charge in [0.2, 0.25) is 0 Å². The number of anilines is 2. The number of hydrogen-bond donors (Lipinski definition) is 2. The molecule has 0 spiro atoms. The molecule has 2 aromatic rings. The first-order valence-electron chi connectivity index (χ1n) is 4.46. The van der Waals surface area contributed by atoms with E-state index in [1.165, 1.54) is 12.3 Å². The Morgan fingerprint density at radius 3 is 2.65 bits per heavy atom. The van der Waals surface area contributed by atoms with Gasteiger partial charge in [0.25, 0.3) is 10.0 Å². The lowest BCUT2D eigenvalue weighted by molar-refractivity contribution is 0.602. The average molecular weight is 334 g/mol. The Balaban J connectivity index is 2.30. The molecule has 0 amide bonds. The lowest BCUT2D eigenvalue weighted by Crippen LogP contribution is -2.13. The summed E-state index contributed by atoms with van der Waals surface area (Å²) in [4.78, 5) is 3.88. The molecule has 0 aliphatic carbocycles. The topological polar surface area (TPSA) is 85.1 Å². The van der Waals surface area contributed by atoms with Crippen LogP contribution in [0.25, 0.3) is 0 Å². The molecule has 0 radical (unpaired) electrons. The Kier molecular flexibility index (Phi) is 3.36. The molecule has 90 valence electrons. The molecule has 0 fully saturated rings. The molecule has 0 aliphatic heterocycles. The van der Waals surface area contributed by atoms with Crippen LogP contribution >= 0.6 is 27.3 Å². The molecule has 17 heavy (non-hydrogen) atoms. The molecule has 8 heteroatoms. The number of pyridine rings is 1. The molecular formula is C9H8BrN3O2S2. The zero-order valence-corrected chi connectivity index (χ0v) is 11.6. The summed E-state index contributed by atoms with van der Waals surface area (Å²) >= 11 is 4.31. The second-order valence-electron chi connectivity index (χ2n) is 3.14. The Morgan fingerprint density at radius 1 is 1.35 bits per heavy atom. The van der Waals surface area contributed by atoms with Gasteiger partial charge in [-0.3, -0.25) is 4.72 Å². The van der Waals surface area contributed by atoms with Gasteiger partial charge in [0, 0.05) is 4.47 Å². The van der Waals surface area contributed by atoms with Crippen LogP contribution in [0.5, 0.6) is 0 Å². The molecule has 0 aliphatic rings. The van der Waals surface area contributed by atoms with Crippen molar-refractivity contribution in [1.82, 2.24) is 4.98 Å². The van der Waals surface area contributed by atoms with Crippen molar-refractivity contribution < 1.29 is 8.42 Å². The quantitative estimate of drug-likeness (QED) is 0.902. The molecule has 0 aromatic carbocycles. The van der Waals surface area contributed by atoms with E-state index in [9.17, 15) is 8.42 Å². The number of nitrogens with zero attached hydrogens (tertiary/aromatic N) is 1. The van der Waals surface area contributed by atoms with E-state index in [0.717, 1.165) is 11.3 Å². The maximum Gasteiger partial charge on any atom is 0.273 e. The third-order valence-corrected chi connectivity index (χ3v) is 5.88. The highest BCUT2D eigenvalue weighted by atomic mass is 79.9. The van der Waals surface area contributed by atoms with Gasteiger partial charge in [0.1, 0.15) is 5.82 Å². The van der Waals surface area contributed by atoms with Crippen molar-refractivity contribution in [2.24, 2.45) is 0 Å². The lowest BCUT2D eigenvalue weighted by atomic mass is 10.4. The first-order chi connectivity index (χ1) is 7.99. The van der Waals surface area contributed by atoms with E-state index in [2.05, 4.69) is 25.6 Å². The Bertz CT molecular complexity index is 622. The van der Waals surface area contributed by atoms with Crippen LogP contribution in [-0.4, -0.2) is 13.4 Å². The van der Waals surface area contributed by atoms with Gasteiger partial charge in [0.05, 0.1) is 11.9 Å². The first-order valence-corrected chi connectivity index (χ1v) is 7.62. The van der Waals surface area contributed by atoms with Crippen molar-refractivity contribution in [1.29, 1.82) is 0 Å². The number of nitrogens with two attached hydrogens (primary N) is 1. The molecule has 0 atom stereocenters. The van der Waals surface area contributed by atoms with Crippen LogP contribution in [-0.2, 0) is 10.0 Å². The maximum absolute atomic E-state index is 12.0. The Morgan fingerprint density at radius 2 is 2.12 bits per heavy atom. The molecule has 0 bridgehead atoms. The average Bonchev–Trinajstić information content (AvgIpc) is 2.68. The van der Waals surface area contributed by atoms with Gasteiger partial charge >= 0.3 is 0 Å². The maximum atomic E-state index is 12.0. The van der Waals surface area contributed by atoms with Gasteiger partial charge in [-0.25, -0.2) is 13.4 Å². The largest absolute Gasteiger partial charge is 0.397 e. The van der Waals surface area contributed by atoms with Crippen molar-refractivity contribution in [3.05, 3.63) is 34.2 Å². The normalized spacial score (nSPS) is 11.4. The van der Waals surface area contributed by atoms with Crippen molar-refractivity contribution in [3.8, 4) is 0 Å². The van der Waals surface area contributed by atoms with Gasteiger partial charge in [-0.1, -0.05) is 0 Å². The van der Waals surface area contributed by atoms with E-state index in [1.54, 1.807) is 17.5 Å². The molecule has 5 nitrogen and oxygen atoms in total. The summed E-state index contributed by atoms with van der Waals surface area (Å²) in [6.07, 6.45) is 1.39. The molecule has 3 N–H and O–H groups in total. The van der Waals surface area contributed by atoms with Crippen molar-refractivity contribution in [2.75, 3.05) is 10.5 Å². The highest BCUT2D eigenvalue weighted by Crippen LogP contribution is 2.28. The zero-order valence-electron chi connectivity index (χ0n) is 8.42. The first kappa shape index (κ1) is 12.3. The summed E-state index contributed by atoms with van der Waals surface area (Å²) in [6, 6.07) is 4.76. The van der Waals surface area contributed by atoms with Crippen LogP contribution in [0, 0.1) is 0 Å². The zero-order chi connectivity index (χ0) is 12.5. The van der Waals surface area contributed by atoms with Gasteiger partial charge < -0.3 is 5.73 Å². The minimum Gasteiger partial charge on any atom is -0.397 e. The van der Waals surface area contributed by atoms with Crippen LogP contribution in [0.4, 0.5) is 11.5 Å². The summed E-state index contributed by atoms with van der Waals surface area (Å²) in [6.45, 7) is 0. The van der Waals surface area contributed by atoms with E-state index >= 15 is 0 Å². The fourth-order valence-corrected chi connectivity index (χ4v) is 4.47. The summed E-state index contributed by atoms with van der Waals surface area (Å²) in [5.41, 5.74) is 5.94. The minimum absolute atomic E-state index is 0.219. The van der Waals surface area contributed by atoms with E-state index in [-0.39, 0.29) is 10.0 Å². The van der Waals surface area contributed by atoms with Gasteiger partial charge in [-0.2, -0.15) is 0 Å². The predicted octanol–water partition coefficient (Wildman–Crippen LogP) is 2.29. The number of hydrogen-bond acceptors (Lipinski definition) is 5. The SMILES string of the molecule is Nc1ccc(NS(=O)(=O)c2sccc2Br)nc1. The van der Waals surface area contributed by atoms with Crippen LogP contribution in [0.2, 0.25) is 0 Å². The minimum atomic E-state index is -3.60. The number of halogens is 1. The monoisotopic (exact) mass is 333 g/mol. The summed E-state index contributed by atoms with van der Waals surface area (Å²) < 4.78 is 27.1. The number of rotatable bonds is 3. The van der Waals surface area contributed by atoms with E-state index < -0.39 is 10.0 Å². The summed E-state index contributed by atoms with van der Waals surface area (Å²) in [5.74, 6) is 0.236. The molecule has 0 saturated carbocycles. The third kappa shape index (κ3) is 2.76. The lowest BCUT2D eigenvalue weighted by Gasteiger charge is -2.05. The fraction of sp³-hybridized carbons (Fsp3) is 0. The highest BCUT2D eigenvalue weighted by Gasteiger charge is 2.19. The summed E-state index contributed by atoms with van der Waals surface area (Å²) in [5, 5.41) is 1.69. The van der Waals surface area contributed by atoms with E-state index in [4.69, 9.17) is 5.73 Å². The third-order valence-electron chi connectivity index (χ3n) is 1.85. The van der Waals surface area contributed by atoms with E-state index in [0.29, 0.717) is 10.2 Å². The van der Waals surface area contributed by atoms with Crippen molar-refractivity contribution >= 4 is 48.8 Å². The number of aromatic nitrogens is 1. The van der Waals surface area contributed by atoms with Crippen molar-refractivity contribution in [2.45, 2.75) is 4.21 Å². The van der Waals surface area contributed by atoms with Gasteiger partial charge in [0.15, 0.2) is 4.21 Å². The van der Waals surface area contributed by atoms with Crippen LogP contribution in [0.3, 0.4) is 0 Å². The second-order valence-corrected chi connectivity index (χ2v) is 6.79. The molecule has 2 rings (SSSR count). The number of thiophene rings is 1.